The lowest BCUT2D eigenvalue weighted by Crippen LogP contribution is -2.29. The Kier molecular flexibility index (Phi) is 2.47. The van der Waals surface area contributed by atoms with Crippen molar-refractivity contribution >= 4 is 16.8 Å². The van der Waals surface area contributed by atoms with Crippen molar-refractivity contribution in [3.8, 4) is 0 Å². The number of amides is 1. The second-order valence-corrected chi connectivity index (χ2v) is 6.23. The van der Waals surface area contributed by atoms with Crippen LogP contribution >= 0.6 is 0 Å². The van der Waals surface area contributed by atoms with Crippen LogP contribution in [0.25, 0.3) is 10.9 Å². The van der Waals surface area contributed by atoms with E-state index in [-0.39, 0.29) is 5.91 Å². The van der Waals surface area contributed by atoms with E-state index in [4.69, 9.17) is 0 Å². The minimum absolute atomic E-state index is 0.202. The monoisotopic (exact) mass is 268 g/mol. The standard InChI is InChI=1S/C17H20N2O/c1-11-8-9-12-5-3-6-13-14-7-4-10-18(2)17(20)16(14)19(11)15(12)13/h3,5-6,11H,4,7-10H2,1-2H3/t11-/m0/s1. The summed E-state index contributed by atoms with van der Waals surface area (Å²) >= 11 is 0. The first-order valence-electron chi connectivity index (χ1n) is 7.58. The van der Waals surface area contributed by atoms with Crippen LogP contribution in [0, 0.1) is 0 Å². The van der Waals surface area contributed by atoms with E-state index in [1.807, 2.05) is 11.9 Å². The minimum Gasteiger partial charge on any atom is -0.340 e. The van der Waals surface area contributed by atoms with Crippen molar-refractivity contribution in [1.29, 1.82) is 0 Å². The molecule has 1 aromatic carbocycles. The molecule has 20 heavy (non-hydrogen) atoms. The smallest absolute Gasteiger partial charge is 0.270 e. The van der Waals surface area contributed by atoms with Gasteiger partial charge in [0.25, 0.3) is 5.91 Å². The maximum absolute atomic E-state index is 12.8. The highest BCUT2D eigenvalue weighted by molar-refractivity contribution is 6.03. The van der Waals surface area contributed by atoms with Gasteiger partial charge in [-0.15, -0.1) is 0 Å². The molecule has 1 aromatic heterocycles. The van der Waals surface area contributed by atoms with Crippen molar-refractivity contribution < 1.29 is 4.79 Å². The SMILES string of the molecule is C[C@H]1CCc2cccc3c4c(n1c23)C(=O)N(C)CCC4. The van der Waals surface area contributed by atoms with Crippen LogP contribution in [-0.4, -0.2) is 29.0 Å². The second kappa shape index (κ2) is 4.11. The molecular weight excluding hydrogens is 248 g/mol. The minimum atomic E-state index is 0.202. The van der Waals surface area contributed by atoms with E-state index in [1.54, 1.807) is 0 Å². The summed E-state index contributed by atoms with van der Waals surface area (Å²) in [5.41, 5.74) is 4.97. The Hall–Kier alpha value is -1.77. The number of para-hydroxylation sites is 1. The Bertz CT molecular complexity index is 713. The first kappa shape index (κ1) is 12.0. The summed E-state index contributed by atoms with van der Waals surface area (Å²) in [6.45, 7) is 3.11. The number of benzene rings is 1. The van der Waals surface area contributed by atoms with Crippen LogP contribution < -0.4 is 0 Å². The zero-order valence-electron chi connectivity index (χ0n) is 12.1. The van der Waals surface area contributed by atoms with E-state index in [2.05, 4.69) is 29.7 Å². The summed E-state index contributed by atoms with van der Waals surface area (Å²) in [5, 5.41) is 1.31. The molecule has 0 aliphatic carbocycles. The highest BCUT2D eigenvalue weighted by atomic mass is 16.2. The molecule has 2 aromatic rings. The van der Waals surface area contributed by atoms with Crippen molar-refractivity contribution in [3.05, 3.63) is 35.0 Å². The fourth-order valence-electron chi connectivity index (χ4n) is 3.90. The van der Waals surface area contributed by atoms with Gasteiger partial charge < -0.3 is 9.47 Å². The third kappa shape index (κ3) is 1.43. The van der Waals surface area contributed by atoms with Gasteiger partial charge in [0.1, 0.15) is 5.69 Å². The zero-order chi connectivity index (χ0) is 13.9. The van der Waals surface area contributed by atoms with E-state index in [9.17, 15) is 4.79 Å². The van der Waals surface area contributed by atoms with Gasteiger partial charge in [-0.1, -0.05) is 18.2 Å². The number of carbonyl (C=O) groups excluding carboxylic acids is 1. The molecule has 104 valence electrons. The average molecular weight is 268 g/mol. The molecule has 2 aliphatic rings. The quantitative estimate of drug-likeness (QED) is 0.720. The fourth-order valence-corrected chi connectivity index (χ4v) is 3.90. The van der Waals surface area contributed by atoms with Crippen LogP contribution in [0.1, 0.15) is 47.4 Å². The molecule has 0 radical (unpaired) electrons. The van der Waals surface area contributed by atoms with Crippen LogP contribution in [0.4, 0.5) is 0 Å². The Morgan fingerprint density at radius 1 is 1.25 bits per heavy atom. The van der Waals surface area contributed by atoms with Gasteiger partial charge >= 0.3 is 0 Å². The van der Waals surface area contributed by atoms with Gasteiger partial charge in [-0.05, 0) is 43.7 Å². The lowest BCUT2D eigenvalue weighted by molar-refractivity contribution is 0.0788. The fraction of sp³-hybridized carbons (Fsp3) is 0.471. The van der Waals surface area contributed by atoms with Crippen molar-refractivity contribution in [1.82, 2.24) is 9.47 Å². The summed E-state index contributed by atoms with van der Waals surface area (Å²) in [6, 6.07) is 6.99. The number of aryl methyl sites for hydroxylation is 2. The summed E-state index contributed by atoms with van der Waals surface area (Å²) in [7, 11) is 1.93. The molecule has 3 heterocycles. The average Bonchev–Trinajstić information content (AvgIpc) is 2.71. The molecule has 0 fully saturated rings. The summed E-state index contributed by atoms with van der Waals surface area (Å²) in [4.78, 5) is 14.7. The van der Waals surface area contributed by atoms with Gasteiger partial charge in [0.2, 0.25) is 0 Å². The molecule has 4 rings (SSSR count). The molecule has 0 N–H and O–H groups in total. The number of carbonyl (C=O) groups is 1. The van der Waals surface area contributed by atoms with Crippen LogP contribution in [-0.2, 0) is 12.8 Å². The number of aromatic nitrogens is 1. The van der Waals surface area contributed by atoms with E-state index in [1.165, 1.54) is 22.0 Å². The number of nitrogens with zero attached hydrogens (tertiary/aromatic N) is 2. The molecule has 0 unspecified atom stereocenters. The molecular formula is C17H20N2O. The summed E-state index contributed by atoms with van der Waals surface area (Å²) in [6.07, 6.45) is 4.34. The zero-order valence-corrected chi connectivity index (χ0v) is 12.1. The van der Waals surface area contributed by atoms with Gasteiger partial charge in [0, 0.05) is 25.0 Å². The summed E-state index contributed by atoms with van der Waals surface area (Å²) < 4.78 is 2.33. The molecule has 0 bridgehead atoms. The van der Waals surface area contributed by atoms with E-state index < -0.39 is 0 Å². The lowest BCUT2D eigenvalue weighted by Gasteiger charge is -2.25. The maximum atomic E-state index is 12.8. The molecule has 0 saturated heterocycles. The van der Waals surface area contributed by atoms with Gasteiger partial charge in [-0.25, -0.2) is 0 Å². The molecule has 1 amide bonds. The number of hydrogen-bond acceptors (Lipinski definition) is 1. The Morgan fingerprint density at radius 3 is 2.95 bits per heavy atom. The van der Waals surface area contributed by atoms with Crippen molar-refractivity contribution in [2.24, 2.45) is 0 Å². The molecule has 2 aliphatic heterocycles. The van der Waals surface area contributed by atoms with Crippen LogP contribution in [0.3, 0.4) is 0 Å². The van der Waals surface area contributed by atoms with Crippen molar-refractivity contribution in [2.75, 3.05) is 13.6 Å². The highest BCUT2D eigenvalue weighted by Crippen LogP contribution is 2.39. The highest BCUT2D eigenvalue weighted by Gasteiger charge is 2.31. The van der Waals surface area contributed by atoms with Gasteiger partial charge in [-0.3, -0.25) is 4.79 Å². The molecule has 0 spiro atoms. The Morgan fingerprint density at radius 2 is 2.10 bits per heavy atom. The second-order valence-electron chi connectivity index (χ2n) is 6.23. The third-order valence-corrected chi connectivity index (χ3v) is 4.95. The predicted octanol–water partition coefficient (Wildman–Crippen LogP) is 3.17. The summed E-state index contributed by atoms with van der Waals surface area (Å²) in [5.74, 6) is 0.202. The number of rotatable bonds is 0. The van der Waals surface area contributed by atoms with E-state index in [0.717, 1.165) is 37.9 Å². The van der Waals surface area contributed by atoms with Crippen LogP contribution in [0.15, 0.2) is 18.2 Å². The van der Waals surface area contributed by atoms with Crippen molar-refractivity contribution in [2.45, 2.75) is 38.6 Å². The van der Waals surface area contributed by atoms with Gasteiger partial charge in [0.15, 0.2) is 0 Å². The third-order valence-electron chi connectivity index (χ3n) is 4.95. The van der Waals surface area contributed by atoms with Gasteiger partial charge in [-0.2, -0.15) is 0 Å². The Labute approximate surface area is 119 Å². The van der Waals surface area contributed by atoms with E-state index >= 15 is 0 Å². The first-order valence-corrected chi connectivity index (χ1v) is 7.58. The number of fused-ring (bicyclic) bond motifs is 3. The molecule has 3 nitrogen and oxygen atoms in total. The number of hydrogen-bond donors (Lipinski definition) is 0. The van der Waals surface area contributed by atoms with Crippen LogP contribution in [0.2, 0.25) is 0 Å². The predicted molar refractivity (Wildman–Crippen MR) is 80.3 cm³/mol. The van der Waals surface area contributed by atoms with Crippen LogP contribution in [0.5, 0.6) is 0 Å². The molecule has 0 saturated carbocycles. The molecule has 1 atom stereocenters. The topological polar surface area (TPSA) is 25.2 Å². The molecule has 3 heteroatoms. The lowest BCUT2D eigenvalue weighted by atomic mass is 9.98. The largest absolute Gasteiger partial charge is 0.340 e. The van der Waals surface area contributed by atoms with Gasteiger partial charge in [0.05, 0.1) is 5.52 Å². The van der Waals surface area contributed by atoms with Crippen molar-refractivity contribution in [3.63, 3.8) is 0 Å². The van der Waals surface area contributed by atoms with E-state index in [0.29, 0.717) is 6.04 Å². The Balaban J connectivity index is 2.13. The first-order chi connectivity index (χ1) is 9.68. The maximum Gasteiger partial charge on any atom is 0.270 e. The normalized spacial score (nSPS) is 22.0.